The summed E-state index contributed by atoms with van der Waals surface area (Å²) in [6.45, 7) is 7.31. The Bertz CT molecular complexity index is 1200. The fourth-order valence-corrected chi connectivity index (χ4v) is 4.76. The van der Waals surface area contributed by atoms with Crippen molar-refractivity contribution in [1.29, 1.82) is 5.26 Å². The first-order chi connectivity index (χ1) is 16.5. The zero-order valence-electron chi connectivity index (χ0n) is 19.5. The van der Waals surface area contributed by atoms with Crippen molar-refractivity contribution in [2.45, 2.75) is 39.7 Å². The van der Waals surface area contributed by atoms with E-state index in [0.717, 1.165) is 48.9 Å². The lowest BCUT2D eigenvalue weighted by molar-refractivity contribution is -0.112. The van der Waals surface area contributed by atoms with Crippen LogP contribution >= 0.6 is 11.3 Å². The monoisotopic (exact) mass is 476 g/mol. The number of hydrogen-bond acceptors (Lipinski definition) is 7. The number of carbonyl (C=O) groups is 1. The summed E-state index contributed by atoms with van der Waals surface area (Å²) >= 11 is 1.33. The van der Waals surface area contributed by atoms with Gasteiger partial charge in [-0.25, -0.2) is 0 Å². The summed E-state index contributed by atoms with van der Waals surface area (Å²) in [6.07, 6.45) is 6.60. The molecule has 1 aromatic carbocycles. The number of aryl methyl sites for hydroxylation is 3. The molecule has 1 aliphatic rings. The fraction of sp³-hybridized carbons (Fsp3) is 0.360. The van der Waals surface area contributed by atoms with Gasteiger partial charge in [-0.1, -0.05) is 17.4 Å². The third-order valence-corrected chi connectivity index (χ3v) is 6.44. The van der Waals surface area contributed by atoms with Gasteiger partial charge in [-0.3, -0.25) is 10.1 Å². The number of nitrogens with one attached hydrogen (secondary N) is 1. The number of rotatable bonds is 9. The minimum absolute atomic E-state index is 0.0179. The van der Waals surface area contributed by atoms with Gasteiger partial charge in [0.2, 0.25) is 10.3 Å². The minimum atomic E-state index is -0.488. The van der Waals surface area contributed by atoms with Crippen molar-refractivity contribution in [3.63, 3.8) is 0 Å². The number of hydrogen-bond donors (Lipinski definition) is 1. The van der Waals surface area contributed by atoms with Crippen LogP contribution in [0.25, 0.3) is 6.08 Å². The Hall–Kier alpha value is -3.64. The van der Waals surface area contributed by atoms with E-state index in [0.29, 0.717) is 18.3 Å². The molecular weight excluding hydrogens is 448 g/mol. The maximum Gasteiger partial charge on any atom is 0.268 e. The highest BCUT2D eigenvalue weighted by Gasteiger charge is 2.18. The summed E-state index contributed by atoms with van der Waals surface area (Å²) in [7, 11) is 0. The Balaban J connectivity index is 1.34. The highest BCUT2D eigenvalue weighted by Crippen LogP contribution is 2.27. The van der Waals surface area contributed by atoms with Crippen molar-refractivity contribution in [2.24, 2.45) is 0 Å². The quantitative estimate of drug-likeness (QED) is 0.276. The molecule has 0 radical (unpaired) electrons. The topological polar surface area (TPSA) is 96.1 Å². The second-order valence-corrected chi connectivity index (χ2v) is 9.32. The molecule has 1 amide bonds. The smallest absolute Gasteiger partial charge is 0.268 e. The number of nitrogens with zero attached hydrogens (tertiary/aromatic N) is 5. The molecule has 2 aromatic heterocycles. The zero-order chi connectivity index (χ0) is 23.9. The normalized spacial score (nSPS) is 13.7. The zero-order valence-corrected chi connectivity index (χ0v) is 20.3. The average molecular weight is 477 g/mol. The predicted octanol–water partition coefficient (Wildman–Crippen LogP) is 4.57. The van der Waals surface area contributed by atoms with E-state index in [-0.39, 0.29) is 5.57 Å². The third-order valence-electron chi connectivity index (χ3n) is 5.54. The van der Waals surface area contributed by atoms with Gasteiger partial charge >= 0.3 is 0 Å². The van der Waals surface area contributed by atoms with Gasteiger partial charge in [-0.15, -0.1) is 10.2 Å². The molecule has 34 heavy (non-hydrogen) atoms. The van der Waals surface area contributed by atoms with Gasteiger partial charge in [-0.05, 0) is 74.6 Å². The van der Waals surface area contributed by atoms with E-state index in [2.05, 4.69) is 40.3 Å². The molecule has 1 fully saturated rings. The fourth-order valence-electron chi connectivity index (χ4n) is 3.97. The SMILES string of the molecule is Cc1cc(C)cc(OCCCn2cccc2C=C(C#N)C(=O)Nc2nnc(N3CCCC3)s2)c1. The third kappa shape index (κ3) is 6.02. The summed E-state index contributed by atoms with van der Waals surface area (Å²) in [5, 5.41) is 21.7. The van der Waals surface area contributed by atoms with Crippen molar-refractivity contribution < 1.29 is 9.53 Å². The van der Waals surface area contributed by atoms with Crippen molar-refractivity contribution in [3.05, 3.63) is 58.9 Å². The molecule has 176 valence electrons. The van der Waals surface area contributed by atoms with Crippen LogP contribution in [0.1, 0.15) is 36.1 Å². The van der Waals surface area contributed by atoms with E-state index in [9.17, 15) is 10.1 Å². The maximum atomic E-state index is 12.7. The van der Waals surface area contributed by atoms with E-state index in [4.69, 9.17) is 4.74 Å². The van der Waals surface area contributed by atoms with E-state index in [1.54, 1.807) is 6.08 Å². The lowest BCUT2D eigenvalue weighted by atomic mass is 10.1. The molecule has 0 saturated carbocycles. The number of aromatic nitrogens is 3. The van der Waals surface area contributed by atoms with Crippen LogP contribution in [0.4, 0.5) is 10.3 Å². The van der Waals surface area contributed by atoms with Gasteiger partial charge < -0.3 is 14.2 Å². The lowest BCUT2D eigenvalue weighted by Gasteiger charge is -2.11. The van der Waals surface area contributed by atoms with Crippen molar-refractivity contribution in [2.75, 3.05) is 29.9 Å². The Morgan fingerprint density at radius 2 is 2.00 bits per heavy atom. The molecule has 3 heterocycles. The van der Waals surface area contributed by atoms with Crippen LogP contribution < -0.4 is 15.0 Å². The predicted molar refractivity (Wildman–Crippen MR) is 134 cm³/mol. The van der Waals surface area contributed by atoms with Crippen LogP contribution in [-0.2, 0) is 11.3 Å². The van der Waals surface area contributed by atoms with Crippen molar-refractivity contribution in [1.82, 2.24) is 14.8 Å². The molecule has 1 saturated heterocycles. The largest absolute Gasteiger partial charge is 0.494 e. The van der Waals surface area contributed by atoms with Crippen LogP contribution in [0.3, 0.4) is 0 Å². The number of anilines is 2. The molecule has 1 N–H and O–H groups in total. The maximum absolute atomic E-state index is 12.7. The second kappa shape index (κ2) is 11.0. The average Bonchev–Trinajstić information content (AvgIpc) is 3.56. The molecule has 3 aromatic rings. The highest BCUT2D eigenvalue weighted by atomic mass is 32.1. The van der Waals surface area contributed by atoms with Gasteiger partial charge in [0, 0.05) is 31.5 Å². The molecule has 9 heteroatoms. The van der Waals surface area contributed by atoms with Gasteiger partial charge in [0.15, 0.2) is 0 Å². The van der Waals surface area contributed by atoms with E-state index in [1.807, 2.05) is 41.1 Å². The van der Waals surface area contributed by atoms with Crippen LogP contribution in [0.2, 0.25) is 0 Å². The Morgan fingerprint density at radius 1 is 1.24 bits per heavy atom. The molecule has 8 nitrogen and oxygen atoms in total. The Kier molecular flexibility index (Phi) is 7.60. The molecular formula is C25H28N6O2S. The van der Waals surface area contributed by atoms with Gasteiger partial charge in [-0.2, -0.15) is 5.26 Å². The molecule has 0 unspecified atom stereocenters. The number of carbonyl (C=O) groups excluding carboxylic acids is 1. The Morgan fingerprint density at radius 3 is 2.74 bits per heavy atom. The summed E-state index contributed by atoms with van der Waals surface area (Å²) < 4.78 is 7.90. The molecule has 0 bridgehead atoms. The second-order valence-electron chi connectivity index (χ2n) is 8.36. The van der Waals surface area contributed by atoms with Crippen LogP contribution in [0, 0.1) is 25.2 Å². The number of amides is 1. The van der Waals surface area contributed by atoms with Crippen LogP contribution in [0.5, 0.6) is 5.75 Å². The highest BCUT2D eigenvalue weighted by molar-refractivity contribution is 7.19. The Labute approximate surface area is 203 Å². The van der Waals surface area contributed by atoms with Gasteiger partial charge in [0.05, 0.1) is 6.61 Å². The minimum Gasteiger partial charge on any atom is -0.494 e. The molecule has 1 aliphatic heterocycles. The van der Waals surface area contributed by atoms with E-state index < -0.39 is 5.91 Å². The summed E-state index contributed by atoms with van der Waals surface area (Å²) in [4.78, 5) is 14.8. The summed E-state index contributed by atoms with van der Waals surface area (Å²) in [5.41, 5.74) is 3.16. The van der Waals surface area contributed by atoms with Crippen LogP contribution in [0.15, 0.2) is 42.1 Å². The molecule has 4 rings (SSSR count). The van der Waals surface area contributed by atoms with Crippen LogP contribution in [-0.4, -0.2) is 40.4 Å². The number of nitriles is 1. The first-order valence-corrected chi connectivity index (χ1v) is 12.2. The van der Waals surface area contributed by atoms with E-state index >= 15 is 0 Å². The lowest BCUT2D eigenvalue weighted by Crippen LogP contribution is -2.17. The van der Waals surface area contributed by atoms with E-state index in [1.165, 1.54) is 22.5 Å². The summed E-state index contributed by atoms with van der Waals surface area (Å²) in [5.74, 6) is 0.385. The van der Waals surface area contributed by atoms with Gasteiger partial charge in [0.1, 0.15) is 17.4 Å². The molecule has 0 spiro atoms. The van der Waals surface area contributed by atoms with Crippen molar-refractivity contribution >= 4 is 33.6 Å². The standard InChI is InChI=1S/C25H28N6O2S/c1-18-13-19(2)15-22(14-18)33-12-6-11-30-10-5-7-21(30)16-20(17-26)23(32)27-24-28-29-25(34-24)31-8-3-4-9-31/h5,7,10,13-16H,3-4,6,8-9,11-12H2,1-2H3,(H,27,28,32). The first kappa shape index (κ1) is 23.5. The molecule has 0 atom stereocenters. The van der Waals surface area contributed by atoms with Crippen molar-refractivity contribution in [3.8, 4) is 11.8 Å². The summed E-state index contributed by atoms with van der Waals surface area (Å²) in [6, 6.07) is 12.0. The first-order valence-electron chi connectivity index (χ1n) is 11.4. The van der Waals surface area contributed by atoms with Gasteiger partial charge in [0.25, 0.3) is 5.91 Å². The number of ether oxygens (including phenoxy) is 1. The number of benzene rings is 1. The molecule has 0 aliphatic carbocycles.